The summed E-state index contributed by atoms with van der Waals surface area (Å²) in [6.07, 6.45) is 1.84. The molecule has 0 unspecified atom stereocenters. The summed E-state index contributed by atoms with van der Waals surface area (Å²) in [5.41, 5.74) is 2.22. The van der Waals surface area contributed by atoms with Crippen LogP contribution in [-0.4, -0.2) is 42.5 Å². The summed E-state index contributed by atoms with van der Waals surface area (Å²) in [7, 11) is 1.94. The predicted molar refractivity (Wildman–Crippen MR) is 82.1 cm³/mol. The minimum absolute atomic E-state index is 0.0629. The van der Waals surface area contributed by atoms with Crippen LogP contribution >= 0.6 is 15.9 Å². The highest BCUT2D eigenvalue weighted by molar-refractivity contribution is 9.10. The van der Waals surface area contributed by atoms with Gasteiger partial charge in [0.05, 0.1) is 24.3 Å². The zero-order valence-corrected chi connectivity index (χ0v) is 12.6. The van der Waals surface area contributed by atoms with Crippen LogP contribution in [0.15, 0.2) is 22.8 Å². The van der Waals surface area contributed by atoms with Crippen molar-refractivity contribution in [2.75, 3.05) is 31.6 Å². The minimum Gasteiger partial charge on any atom is -0.358 e. The number of hydrogen-bond acceptors (Lipinski definition) is 2. The molecule has 3 rings (SSSR count). The molecule has 1 aromatic carbocycles. The third-order valence-electron chi connectivity index (χ3n) is 3.53. The highest BCUT2D eigenvalue weighted by Gasteiger charge is 2.25. The third kappa shape index (κ3) is 2.09. The van der Waals surface area contributed by atoms with E-state index in [0.29, 0.717) is 18.8 Å². The summed E-state index contributed by atoms with van der Waals surface area (Å²) in [6, 6.07) is 3.61. The molecule has 5 nitrogen and oxygen atoms in total. The summed E-state index contributed by atoms with van der Waals surface area (Å²) >= 11 is 3.47. The predicted octanol–water partition coefficient (Wildman–Crippen LogP) is 2.76. The standard InChI is InChI=1S/C14H13BrN4O/c1-16-9-5-10-11(15)7-17-14(10)12(6-9)19-4-3-18(2)8-13(19)20/h5-7,17H,3-4,8H2,2H3. The third-order valence-corrected chi connectivity index (χ3v) is 4.19. The molecule has 2 heterocycles. The average Bonchev–Trinajstić information content (AvgIpc) is 2.80. The molecule has 1 aliphatic heterocycles. The number of nitrogens with one attached hydrogen (secondary N) is 1. The largest absolute Gasteiger partial charge is 0.358 e. The van der Waals surface area contributed by atoms with Gasteiger partial charge in [-0.25, -0.2) is 4.85 Å². The van der Waals surface area contributed by atoms with Gasteiger partial charge in [0.25, 0.3) is 0 Å². The van der Waals surface area contributed by atoms with Crippen LogP contribution in [0.3, 0.4) is 0 Å². The van der Waals surface area contributed by atoms with Crippen LogP contribution in [0.5, 0.6) is 0 Å². The van der Waals surface area contributed by atoms with Crippen LogP contribution in [-0.2, 0) is 4.79 Å². The zero-order chi connectivity index (χ0) is 14.3. The van der Waals surface area contributed by atoms with Gasteiger partial charge < -0.3 is 9.88 Å². The lowest BCUT2D eigenvalue weighted by Gasteiger charge is -2.32. The molecule has 0 bridgehead atoms. The fourth-order valence-electron chi connectivity index (χ4n) is 2.49. The van der Waals surface area contributed by atoms with Gasteiger partial charge in [-0.1, -0.05) is 0 Å². The Morgan fingerprint density at radius 2 is 2.20 bits per heavy atom. The Morgan fingerprint density at radius 3 is 2.90 bits per heavy atom. The van der Waals surface area contributed by atoms with Crippen molar-refractivity contribution in [3.05, 3.63) is 34.2 Å². The van der Waals surface area contributed by atoms with E-state index in [1.165, 1.54) is 0 Å². The number of nitrogens with zero attached hydrogens (tertiary/aromatic N) is 3. The SMILES string of the molecule is [C-]#[N+]c1cc(N2CCN(C)CC2=O)c2[nH]cc(Br)c2c1. The van der Waals surface area contributed by atoms with Gasteiger partial charge in [-0.05, 0) is 35.1 Å². The van der Waals surface area contributed by atoms with Crippen molar-refractivity contribution in [1.82, 2.24) is 9.88 Å². The number of carbonyl (C=O) groups excluding carboxylic acids is 1. The minimum atomic E-state index is 0.0629. The van der Waals surface area contributed by atoms with Crippen LogP contribution < -0.4 is 4.90 Å². The van der Waals surface area contributed by atoms with Crippen LogP contribution in [0, 0.1) is 6.57 Å². The smallest absolute Gasteiger partial charge is 0.241 e. The number of rotatable bonds is 1. The second-order valence-corrected chi connectivity index (χ2v) is 5.77. The van der Waals surface area contributed by atoms with Gasteiger partial charge in [-0.3, -0.25) is 9.69 Å². The molecule has 0 radical (unpaired) electrons. The average molecular weight is 333 g/mol. The quantitative estimate of drug-likeness (QED) is 0.816. The van der Waals surface area contributed by atoms with Crippen molar-refractivity contribution in [1.29, 1.82) is 0 Å². The van der Waals surface area contributed by atoms with Gasteiger partial charge in [-0.2, -0.15) is 0 Å². The van der Waals surface area contributed by atoms with Crippen LogP contribution in [0.25, 0.3) is 15.7 Å². The first-order chi connectivity index (χ1) is 9.60. The first-order valence-corrected chi connectivity index (χ1v) is 7.06. The Morgan fingerprint density at radius 1 is 1.40 bits per heavy atom. The Bertz CT molecular complexity index is 731. The van der Waals surface area contributed by atoms with Gasteiger partial charge in [-0.15, -0.1) is 0 Å². The summed E-state index contributed by atoms with van der Waals surface area (Å²) < 4.78 is 0.904. The van der Waals surface area contributed by atoms with Gasteiger partial charge in [0.15, 0.2) is 5.69 Å². The van der Waals surface area contributed by atoms with E-state index in [1.807, 2.05) is 24.2 Å². The lowest BCUT2D eigenvalue weighted by atomic mass is 10.1. The van der Waals surface area contributed by atoms with Crippen LogP contribution in [0.4, 0.5) is 11.4 Å². The molecule has 1 amide bonds. The van der Waals surface area contributed by atoms with E-state index in [2.05, 4.69) is 25.8 Å². The van der Waals surface area contributed by atoms with E-state index >= 15 is 0 Å². The molecule has 1 saturated heterocycles. The van der Waals surface area contributed by atoms with E-state index in [-0.39, 0.29) is 5.91 Å². The van der Waals surface area contributed by atoms with Crippen molar-refractivity contribution in [3.8, 4) is 0 Å². The molecular weight excluding hydrogens is 320 g/mol. The summed E-state index contributed by atoms with van der Waals surface area (Å²) in [5, 5.41) is 0.931. The number of piperazine rings is 1. The molecule has 2 aromatic rings. The molecular formula is C14H13BrN4O. The normalized spacial score (nSPS) is 16.6. The van der Waals surface area contributed by atoms with E-state index < -0.39 is 0 Å². The molecule has 102 valence electrons. The number of likely N-dealkylation sites (N-methyl/N-ethyl adjacent to an activating group) is 1. The molecule has 0 atom stereocenters. The maximum absolute atomic E-state index is 12.2. The number of halogens is 1. The Labute approximate surface area is 125 Å². The van der Waals surface area contributed by atoms with E-state index in [9.17, 15) is 4.79 Å². The number of aromatic amines is 1. The van der Waals surface area contributed by atoms with Crippen LogP contribution in [0.2, 0.25) is 0 Å². The van der Waals surface area contributed by atoms with Crippen molar-refractivity contribution < 1.29 is 4.79 Å². The zero-order valence-electron chi connectivity index (χ0n) is 11.0. The fraction of sp³-hybridized carbons (Fsp3) is 0.286. The summed E-state index contributed by atoms with van der Waals surface area (Å²) in [4.78, 5) is 22.7. The second-order valence-electron chi connectivity index (χ2n) is 4.92. The number of anilines is 1. The molecule has 0 saturated carbocycles. The lowest BCUT2D eigenvalue weighted by Crippen LogP contribution is -2.49. The highest BCUT2D eigenvalue weighted by atomic mass is 79.9. The van der Waals surface area contributed by atoms with E-state index in [4.69, 9.17) is 6.57 Å². The number of H-pyrrole nitrogens is 1. The van der Waals surface area contributed by atoms with Crippen LogP contribution in [0.1, 0.15) is 0 Å². The number of fused-ring (bicyclic) bond motifs is 1. The number of carbonyl (C=O) groups is 1. The maximum atomic E-state index is 12.2. The molecule has 6 heteroatoms. The fourth-order valence-corrected chi connectivity index (χ4v) is 2.92. The highest BCUT2D eigenvalue weighted by Crippen LogP contribution is 2.36. The van der Waals surface area contributed by atoms with Crippen molar-refractivity contribution >= 4 is 44.1 Å². The molecule has 20 heavy (non-hydrogen) atoms. The number of benzene rings is 1. The molecule has 1 N–H and O–H groups in total. The van der Waals surface area contributed by atoms with Crippen molar-refractivity contribution in [3.63, 3.8) is 0 Å². The number of hydrogen-bond donors (Lipinski definition) is 1. The Hall–Kier alpha value is -1.84. The van der Waals surface area contributed by atoms with E-state index in [0.717, 1.165) is 27.6 Å². The van der Waals surface area contributed by atoms with Crippen molar-refractivity contribution in [2.45, 2.75) is 0 Å². The van der Waals surface area contributed by atoms with Crippen molar-refractivity contribution in [2.24, 2.45) is 0 Å². The Balaban J connectivity index is 2.15. The molecule has 1 aromatic heterocycles. The first kappa shape index (κ1) is 13.2. The van der Waals surface area contributed by atoms with Gasteiger partial charge in [0.2, 0.25) is 5.91 Å². The first-order valence-electron chi connectivity index (χ1n) is 6.27. The monoisotopic (exact) mass is 332 g/mol. The van der Waals surface area contributed by atoms with Gasteiger partial charge in [0, 0.05) is 29.1 Å². The second kappa shape index (κ2) is 4.93. The van der Waals surface area contributed by atoms with Gasteiger partial charge in [0.1, 0.15) is 0 Å². The van der Waals surface area contributed by atoms with Gasteiger partial charge >= 0.3 is 0 Å². The molecule has 1 fully saturated rings. The summed E-state index contributed by atoms with van der Waals surface area (Å²) in [6.45, 7) is 9.10. The number of aromatic nitrogens is 1. The van der Waals surface area contributed by atoms with E-state index in [1.54, 1.807) is 11.0 Å². The topological polar surface area (TPSA) is 43.7 Å². The molecule has 1 aliphatic rings. The molecule has 0 aliphatic carbocycles. The maximum Gasteiger partial charge on any atom is 0.241 e. The Kier molecular flexibility index (Phi) is 3.24. The summed E-state index contributed by atoms with van der Waals surface area (Å²) in [5.74, 6) is 0.0629. The lowest BCUT2D eigenvalue weighted by molar-refractivity contribution is -0.120. The molecule has 0 spiro atoms. The number of amides is 1.